The van der Waals surface area contributed by atoms with Gasteiger partial charge in [0, 0.05) is 0 Å². The van der Waals surface area contributed by atoms with E-state index in [1.165, 1.54) is 17.3 Å². The molecule has 82 valence electrons. The van der Waals surface area contributed by atoms with E-state index >= 15 is 0 Å². The van der Waals surface area contributed by atoms with Gasteiger partial charge in [-0.15, -0.1) is 5.10 Å². The second kappa shape index (κ2) is 4.94. The Balaban J connectivity index is 2.02. The normalized spacial score (nSPS) is 18.3. The maximum Gasteiger partial charge on any atom is 0.236 e. The summed E-state index contributed by atoms with van der Waals surface area (Å²) in [5, 5.41) is 11.0. The monoisotopic (exact) mass is 233 g/mol. The van der Waals surface area contributed by atoms with Gasteiger partial charge in [0.2, 0.25) is 5.91 Å². The van der Waals surface area contributed by atoms with Crippen LogP contribution in [-0.4, -0.2) is 23.0 Å². The molecule has 1 aromatic carbocycles. The number of thioether (sulfide) groups is 1. The van der Waals surface area contributed by atoms with Crippen LogP contribution in [-0.2, 0) is 4.79 Å². The molecule has 1 amide bonds. The molecule has 1 N–H and O–H groups in total. The van der Waals surface area contributed by atoms with Crippen LogP contribution in [0.4, 0.5) is 0 Å². The molecule has 0 radical (unpaired) electrons. The molecule has 0 spiro atoms. The van der Waals surface area contributed by atoms with Crippen LogP contribution in [0.5, 0.6) is 0 Å². The fourth-order valence-corrected chi connectivity index (χ4v) is 1.91. The molecule has 4 nitrogen and oxygen atoms in total. The first-order chi connectivity index (χ1) is 7.74. The standard InChI is InChI=1S/C11H11N3OS/c1-8-3-2-4-9(5-8)6-12-14-11-13-10(15)7-16-11/h2-6H,7H2,1H3,(H,13,14,15)/b12-6+. The van der Waals surface area contributed by atoms with E-state index in [4.69, 9.17) is 0 Å². The van der Waals surface area contributed by atoms with Crippen molar-refractivity contribution in [3.05, 3.63) is 35.4 Å². The van der Waals surface area contributed by atoms with Gasteiger partial charge in [-0.25, -0.2) is 0 Å². The smallest absolute Gasteiger partial charge is 0.236 e. The lowest BCUT2D eigenvalue weighted by molar-refractivity contribution is -0.116. The van der Waals surface area contributed by atoms with Crippen molar-refractivity contribution in [1.29, 1.82) is 0 Å². The summed E-state index contributed by atoms with van der Waals surface area (Å²) in [4.78, 5) is 10.9. The Bertz CT molecular complexity index is 468. The first-order valence-corrected chi connectivity index (χ1v) is 5.83. The van der Waals surface area contributed by atoms with Crippen molar-refractivity contribution >= 4 is 29.1 Å². The summed E-state index contributed by atoms with van der Waals surface area (Å²) in [6, 6.07) is 7.97. The Morgan fingerprint density at radius 3 is 3.06 bits per heavy atom. The van der Waals surface area contributed by atoms with Crippen molar-refractivity contribution in [3.8, 4) is 0 Å². The number of hydrogen-bond acceptors (Lipinski definition) is 4. The predicted molar refractivity (Wildman–Crippen MR) is 66.8 cm³/mol. The van der Waals surface area contributed by atoms with Gasteiger partial charge in [-0.3, -0.25) is 4.79 Å². The maximum atomic E-state index is 10.9. The average Bonchev–Trinajstić information content (AvgIpc) is 2.64. The van der Waals surface area contributed by atoms with Gasteiger partial charge in [0.15, 0.2) is 5.17 Å². The van der Waals surface area contributed by atoms with Crippen molar-refractivity contribution in [2.45, 2.75) is 6.92 Å². The van der Waals surface area contributed by atoms with Gasteiger partial charge in [0.25, 0.3) is 0 Å². The minimum absolute atomic E-state index is 0.0190. The van der Waals surface area contributed by atoms with E-state index in [1.54, 1.807) is 6.21 Å². The molecule has 0 bridgehead atoms. The number of carbonyl (C=O) groups excluding carboxylic acids is 1. The van der Waals surface area contributed by atoms with E-state index in [0.29, 0.717) is 10.9 Å². The number of nitrogens with zero attached hydrogens (tertiary/aromatic N) is 2. The first-order valence-electron chi connectivity index (χ1n) is 4.84. The molecular formula is C11H11N3OS. The van der Waals surface area contributed by atoms with E-state index in [-0.39, 0.29) is 5.91 Å². The van der Waals surface area contributed by atoms with Crippen LogP contribution >= 0.6 is 11.8 Å². The third-order valence-electron chi connectivity index (χ3n) is 1.98. The van der Waals surface area contributed by atoms with Crippen molar-refractivity contribution in [2.75, 3.05) is 5.75 Å². The van der Waals surface area contributed by atoms with Crippen LogP contribution < -0.4 is 5.32 Å². The zero-order valence-corrected chi connectivity index (χ0v) is 9.62. The Morgan fingerprint density at radius 1 is 1.50 bits per heavy atom. The van der Waals surface area contributed by atoms with E-state index in [1.807, 2.05) is 31.2 Å². The number of carbonyl (C=O) groups is 1. The molecule has 1 heterocycles. The Hall–Kier alpha value is -1.62. The Kier molecular flexibility index (Phi) is 3.36. The molecule has 1 fully saturated rings. The number of hydrogen-bond donors (Lipinski definition) is 1. The fraction of sp³-hybridized carbons (Fsp3) is 0.182. The molecule has 16 heavy (non-hydrogen) atoms. The van der Waals surface area contributed by atoms with Crippen LogP contribution in [0.15, 0.2) is 34.5 Å². The van der Waals surface area contributed by atoms with E-state index in [2.05, 4.69) is 15.5 Å². The van der Waals surface area contributed by atoms with Gasteiger partial charge >= 0.3 is 0 Å². The highest BCUT2D eigenvalue weighted by Gasteiger charge is 2.15. The van der Waals surface area contributed by atoms with Crippen LogP contribution in [0.25, 0.3) is 0 Å². The molecule has 0 aromatic heterocycles. The first kappa shape index (κ1) is 10.9. The highest BCUT2D eigenvalue weighted by Crippen LogP contribution is 2.08. The molecule has 0 saturated carbocycles. The molecule has 2 rings (SSSR count). The van der Waals surface area contributed by atoms with E-state index in [9.17, 15) is 4.79 Å². The predicted octanol–water partition coefficient (Wildman–Crippen LogP) is 1.55. The van der Waals surface area contributed by atoms with Gasteiger partial charge in [-0.05, 0) is 12.5 Å². The summed E-state index contributed by atoms with van der Waals surface area (Å²) in [5.74, 6) is 0.410. The fourth-order valence-electron chi connectivity index (χ4n) is 1.28. The second-order valence-corrected chi connectivity index (χ2v) is 4.36. The molecule has 1 aromatic rings. The highest BCUT2D eigenvalue weighted by atomic mass is 32.2. The Labute approximate surface area is 97.8 Å². The molecule has 0 unspecified atom stereocenters. The molecule has 0 atom stereocenters. The second-order valence-electron chi connectivity index (χ2n) is 3.40. The zero-order chi connectivity index (χ0) is 11.4. The number of nitrogens with one attached hydrogen (secondary N) is 1. The minimum atomic E-state index is -0.0190. The van der Waals surface area contributed by atoms with Crippen LogP contribution in [0, 0.1) is 6.92 Å². The van der Waals surface area contributed by atoms with Gasteiger partial charge in [-0.2, -0.15) is 5.10 Å². The number of aryl methyl sites for hydroxylation is 1. The summed E-state index contributed by atoms with van der Waals surface area (Å²) >= 11 is 1.36. The van der Waals surface area contributed by atoms with Crippen LogP contribution in [0.2, 0.25) is 0 Å². The zero-order valence-electron chi connectivity index (χ0n) is 8.80. The lowest BCUT2D eigenvalue weighted by Crippen LogP contribution is -2.19. The van der Waals surface area contributed by atoms with Crippen molar-refractivity contribution in [2.24, 2.45) is 10.2 Å². The third-order valence-corrected chi connectivity index (χ3v) is 2.85. The molecule has 1 aliphatic rings. The molecule has 0 aliphatic carbocycles. The van der Waals surface area contributed by atoms with Crippen molar-refractivity contribution < 1.29 is 4.79 Å². The van der Waals surface area contributed by atoms with Gasteiger partial charge in [0.05, 0.1) is 12.0 Å². The largest absolute Gasteiger partial charge is 0.303 e. The quantitative estimate of drug-likeness (QED) is 0.622. The number of amides is 1. The summed E-state index contributed by atoms with van der Waals surface area (Å²) in [6.45, 7) is 2.02. The molecular weight excluding hydrogens is 222 g/mol. The van der Waals surface area contributed by atoms with Gasteiger partial charge in [-0.1, -0.05) is 41.6 Å². The van der Waals surface area contributed by atoms with Crippen LogP contribution in [0.3, 0.4) is 0 Å². The van der Waals surface area contributed by atoms with E-state index in [0.717, 1.165) is 5.56 Å². The molecule has 1 saturated heterocycles. The number of benzene rings is 1. The summed E-state index contributed by atoms with van der Waals surface area (Å²) in [7, 11) is 0. The topological polar surface area (TPSA) is 53.8 Å². The van der Waals surface area contributed by atoms with Gasteiger partial charge in [0.1, 0.15) is 0 Å². The highest BCUT2D eigenvalue weighted by molar-refractivity contribution is 8.15. The maximum absolute atomic E-state index is 10.9. The third kappa shape index (κ3) is 2.93. The lowest BCUT2D eigenvalue weighted by atomic mass is 10.2. The Morgan fingerprint density at radius 2 is 2.38 bits per heavy atom. The average molecular weight is 233 g/mol. The molecule has 5 heteroatoms. The van der Waals surface area contributed by atoms with Crippen molar-refractivity contribution in [1.82, 2.24) is 5.32 Å². The SMILES string of the molecule is Cc1cccc(/C=N/N=C2/NC(=O)CS2)c1. The van der Waals surface area contributed by atoms with E-state index < -0.39 is 0 Å². The number of rotatable bonds is 2. The van der Waals surface area contributed by atoms with Gasteiger partial charge < -0.3 is 5.32 Å². The number of amidine groups is 1. The summed E-state index contributed by atoms with van der Waals surface area (Å²) in [6.07, 6.45) is 1.67. The molecule has 1 aliphatic heterocycles. The van der Waals surface area contributed by atoms with Crippen LogP contribution in [0.1, 0.15) is 11.1 Å². The minimum Gasteiger partial charge on any atom is -0.303 e. The summed E-state index contributed by atoms with van der Waals surface area (Å²) in [5.41, 5.74) is 2.18. The lowest BCUT2D eigenvalue weighted by Gasteiger charge is -1.93. The van der Waals surface area contributed by atoms with Crippen molar-refractivity contribution in [3.63, 3.8) is 0 Å². The summed E-state index contributed by atoms with van der Waals surface area (Å²) < 4.78 is 0.